The average Bonchev–Trinajstić information content (AvgIpc) is 3.25. The average molecular weight is 466 g/mol. The minimum absolute atomic E-state index is 0.0231. The van der Waals surface area contributed by atoms with Gasteiger partial charge in [0.2, 0.25) is 11.8 Å². The van der Waals surface area contributed by atoms with Gasteiger partial charge >= 0.3 is 0 Å². The Kier molecular flexibility index (Phi) is 5.10. The first-order valence-corrected chi connectivity index (χ1v) is 11.9. The number of carbonyl (C=O) groups excluding carboxylic acids is 2. The number of H-pyrrole nitrogens is 1. The van der Waals surface area contributed by atoms with Crippen molar-refractivity contribution in [3.63, 3.8) is 0 Å². The summed E-state index contributed by atoms with van der Waals surface area (Å²) in [6, 6.07) is 23.1. The lowest BCUT2D eigenvalue weighted by Crippen LogP contribution is -2.62. The van der Waals surface area contributed by atoms with Crippen LogP contribution < -0.4 is 4.74 Å². The lowest BCUT2D eigenvalue weighted by molar-refractivity contribution is -0.159. The Morgan fingerprint density at radius 2 is 1.71 bits per heavy atom. The number of rotatable bonds is 4. The molecule has 0 spiro atoms. The molecule has 3 aromatic carbocycles. The van der Waals surface area contributed by atoms with Gasteiger partial charge in [0.25, 0.3) is 0 Å². The molecule has 3 heterocycles. The molecule has 0 aliphatic carbocycles. The molecule has 2 aliphatic rings. The number of aromatic amines is 1. The van der Waals surface area contributed by atoms with Crippen LogP contribution >= 0.6 is 0 Å². The van der Waals surface area contributed by atoms with Gasteiger partial charge in [-0.15, -0.1) is 0 Å². The predicted molar refractivity (Wildman–Crippen MR) is 134 cm³/mol. The molecule has 4 aromatic rings. The van der Waals surface area contributed by atoms with Crippen LogP contribution in [0.2, 0.25) is 0 Å². The summed E-state index contributed by atoms with van der Waals surface area (Å²) < 4.78 is 5.49. The zero-order chi connectivity index (χ0) is 24.1. The fourth-order valence-electron chi connectivity index (χ4n) is 5.71. The van der Waals surface area contributed by atoms with E-state index in [1.165, 1.54) is 0 Å². The van der Waals surface area contributed by atoms with Gasteiger partial charge in [-0.1, -0.05) is 60.7 Å². The van der Waals surface area contributed by atoms with Gasteiger partial charge in [0, 0.05) is 35.1 Å². The number of carbonyl (C=O) groups is 2. The van der Waals surface area contributed by atoms with Gasteiger partial charge in [-0.2, -0.15) is 0 Å². The Balaban J connectivity index is 1.46. The smallest absolute Gasteiger partial charge is 0.246 e. The summed E-state index contributed by atoms with van der Waals surface area (Å²) in [7, 11) is 1.62. The summed E-state index contributed by atoms with van der Waals surface area (Å²) in [6.45, 7) is 2.45. The number of amides is 2. The van der Waals surface area contributed by atoms with Crippen molar-refractivity contribution in [1.29, 1.82) is 0 Å². The Morgan fingerprint density at radius 3 is 2.54 bits per heavy atom. The second-order valence-electron chi connectivity index (χ2n) is 9.35. The highest BCUT2D eigenvalue weighted by Crippen LogP contribution is 2.43. The monoisotopic (exact) mass is 465 g/mol. The van der Waals surface area contributed by atoms with Crippen molar-refractivity contribution in [2.45, 2.75) is 32.0 Å². The molecule has 176 valence electrons. The quantitative estimate of drug-likeness (QED) is 0.487. The van der Waals surface area contributed by atoms with E-state index >= 15 is 0 Å². The van der Waals surface area contributed by atoms with Crippen LogP contribution in [0.15, 0.2) is 72.8 Å². The van der Waals surface area contributed by atoms with Gasteiger partial charge in [0.05, 0.1) is 13.2 Å². The van der Waals surface area contributed by atoms with Crippen LogP contribution in [0.1, 0.15) is 34.0 Å². The van der Waals surface area contributed by atoms with E-state index in [0.717, 1.165) is 44.6 Å². The molecule has 1 N–H and O–H groups in total. The Bertz CT molecular complexity index is 1460. The van der Waals surface area contributed by atoms with Gasteiger partial charge in [0.1, 0.15) is 18.3 Å². The Morgan fingerprint density at radius 1 is 0.971 bits per heavy atom. The minimum atomic E-state index is -0.553. The molecule has 1 fully saturated rings. The molecule has 0 saturated carbocycles. The number of nitrogens with zero attached hydrogens (tertiary/aromatic N) is 2. The van der Waals surface area contributed by atoms with Crippen molar-refractivity contribution in [3.05, 3.63) is 101 Å². The predicted octanol–water partition coefficient (Wildman–Crippen LogP) is 4.37. The Labute approximate surface area is 204 Å². The lowest BCUT2D eigenvalue weighted by Gasteiger charge is -2.47. The summed E-state index contributed by atoms with van der Waals surface area (Å²) in [5.41, 5.74) is 6.20. The number of benzene rings is 3. The van der Waals surface area contributed by atoms with Crippen LogP contribution in [-0.2, 0) is 22.6 Å². The summed E-state index contributed by atoms with van der Waals surface area (Å²) in [4.78, 5) is 34.7. The molecule has 0 radical (unpaired) electrons. The highest BCUT2D eigenvalue weighted by molar-refractivity contribution is 5.97. The van der Waals surface area contributed by atoms with Crippen LogP contribution in [0.4, 0.5) is 0 Å². The molecule has 2 atom stereocenters. The number of methoxy groups -OCH3 is 1. The fraction of sp³-hybridized carbons (Fsp3) is 0.241. The number of aryl methyl sites for hydroxylation is 1. The molecule has 2 amide bonds. The third-order valence-corrected chi connectivity index (χ3v) is 7.38. The zero-order valence-electron chi connectivity index (χ0n) is 19.8. The van der Waals surface area contributed by atoms with Crippen LogP contribution in [0.25, 0.3) is 10.9 Å². The van der Waals surface area contributed by atoms with Crippen LogP contribution in [-0.4, -0.2) is 46.3 Å². The topological polar surface area (TPSA) is 65.6 Å². The maximum absolute atomic E-state index is 13.9. The number of ether oxygens (including phenoxy) is 1. The molecule has 0 bridgehead atoms. The third-order valence-electron chi connectivity index (χ3n) is 7.38. The van der Waals surface area contributed by atoms with Crippen LogP contribution in [0.3, 0.4) is 0 Å². The van der Waals surface area contributed by atoms with E-state index in [2.05, 4.69) is 36.2 Å². The number of aromatic nitrogens is 1. The second-order valence-corrected chi connectivity index (χ2v) is 9.35. The first-order valence-electron chi connectivity index (χ1n) is 11.9. The number of hydrogen-bond donors (Lipinski definition) is 1. The van der Waals surface area contributed by atoms with E-state index in [1.54, 1.807) is 12.0 Å². The van der Waals surface area contributed by atoms with E-state index in [0.29, 0.717) is 13.0 Å². The second kappa shape index (κ2) is 8.31. The summed E-state index contributed by atoms with van der Waals surface area (Å²) in [5, 5.41) is 1.11. The number of fused-ring (bicyclic) bond motifs is 4. The molecular weight excluding hydrogens is 438 g/mol. The SMILES string of the molecule is COc1ccccc1CN1CC(=O)N2[C@H](c3ccccc3C)c3[nH]c4ccccc4c3C[C@H]2C1=O. The van der Waals surface area contributed by atoms with Gasteiger partial charge in [0.15, 0.2) is 0 Å². The van der Waals surface area contributed by atoms with Crippen molar-refractivity contribution in [2.75, 3.05) is 13.7 Å². The fourth-order valence-corrected chi connectivity index (χ4v) is 5.71. The van der Waals surface area contributed by atoms with E-state index < -0.39 is 6.04 Å². The van der Waals surface area contributed by atoms with Crippen molar-refractivity contribution in [3.8, 4) is 5.75 Å². The first kappa shape index (κ1) is 21.5. The first-order chi connectivity index (χ1) is 17.1. The van der Waals surface area contributed by atoms with Gasteiger partial charge in [-0.3, -0.25) is 9.59 Å². The van der Waals surface area contributed by atoms with Crippen molar-refractivity contribution in [1.82, 2.24) is 14.8 Å². The normalized spacial score (nSPS) is 19.6. The number of nitrogens with one attached hydrogen (secondary N) is 1. The Hall–Kier alpha value is -4.06. The van der Waals surface area contributed by atoms with E-state index in [9.17, 15) is 9.59 Å². The maximum Gasteiger partial charge on any atom is 0.246 e. The molecule has 1 saturated heterocycles. The number of para-hydroxylation sites is 2. The summed E-state index contributed by atoms with van der Waals surface area (Å²) >= 11 is 0. The van der Waals surface area contributed by atoms with Gasteiger partial charge < -0.3 is 19.5 Å². The van der Waals surface area contributed by atoms with E-state index in [-0.39, 0.29) is 24.4 Å². The summed E-state index contributed by atoms with van der Waals surface area (Å²) in [6.07, 6.45) is 0.495. The number of piperazine rings is 1. The molecule has 6 heteroatoms. The van der Waals surface area contributed by atoms with Crippen molar-refractivity contribution in [2.24, 2.45) is 0 Å². The van der Waals surface area contributed by atoms with Crippen LogP contribution in [0, 0.1) is 6.92 Å². The summed E-state index contributed by atoms with van der Waals surface area (Å²) in [5.74, 6) is 0.655. The zero-order valence-corrected chi connectivity index (χ0v) is 19.8. The van der Waals surface area contributed by atoms with E-state index in [4.69, 9.17) is 4.74 Å². The van der Waals surface area contributed by atoms with Crippen LogP contribution in [0.5, 0.6) is 5.75 Å². The maximum atomic E-state index is 13.9. The molecular formula is C29H27N3O3. The molecule has 35 heavy (non-hydrogen) atoms. The molecule has 2 aliphatic heterocycles. The molecule has 6 nitrogen and oxygen atoms in total. The van der Waals surface area contributed by atoms with Crippen molar-refractivity contribution < 1.29 is 14.3 Å². The standard InChI is InChI=1S/C29H27N3O3/c1-18-9-3-5-11-20(18)28-27-22(21-12-6-7-13-23(21)30-27)15-24-29(34)31(17-26(33)32(24)28)16-19-10-4-8-14-25(19)35-2/h3-14,24,28,30H,15-17H2,1-2H3/t24-,28+/m0/s1. The minimum Gasteiger partial charge on any atom is -0.496 e. The molecule has 0 unspecified atom stereocenters. The largest absolute Gasteiger partial charge is 0.496 e. The van der Waals surface area contributed by atoms with E-state index in [1.807, 2.05) is 53.4 Å². The van der Waals surface area contributed by atoms with Gasteiger partial charge in [-0.25, -0.2) is 0 Å². The number of hydrogen-bond acceptors (Lipinski definition) is 3. The highest BCUT2D eigenvalue weighted by atomic mass is 16.5. The lowest BCUT2D eigenvalue weighted by atomic mass is 9.85. The highest BCUT2D eigenvalue weighted by Gasteiger charge is 2.48. The third kappa shape index (κ3) is 3.40. The molecule has 6 rings (SSSR count). The van der Waals surface area contributed by atoms with Crippen molar-refractivity contribution >= 4 is 22.7 Å². The van der Waals surface area contributed by atoms with Gasteiger partial charge in [-0.05, 0) is 35.7 Å². The molecule has 1 aromatic heterocycles.